The third-order valence-corrected chi connectivity index (χ3v) is 5.52. The molecule has 0 aromatic heterocycles. The van der Waals surface area contributed by atoms with Gasteiger partial charge in [0.15, 0.2) is 6.61 Å². The lowest BCUT2D eigenvalue weighted by Gasteiger charge is -2.29. The van der Waals surface area contributed by atoms with Crippen molar-refractivity contribution in [1.29, 1.82) is 0 Å². The fourth-order valence-corrected chi connectivity index (χ4v) is 3.37. The van der Waals surface area contributed by atoms with E-state index in [1.807, 2.05) is 6.92 Å². The Morgan fingerprint density at radius 1 is 1.07 bits per heavy atom. The van der Waals surface area contributed by atoms with Crippen molar-refractivity contribution in [2.75, 3.05) is 13.2 Å². The number of unbranched alkanes of at least 4 members (excludes halogenated alkanes) is 1. The molecule has 0 aliphatic carbocycles. The van der Waals surface area contributed by atoms with Gasteiger partial charge in [-0.15, -0.1) is 0 Å². The molecule has 0 bridgehead atoms. The van der Waals surface area contributed by atoms with E-state index in [4.69, 9.17) is 39.5 Å². The Morgan fingerprint density at radius 2 is 1.70 bits per heavy atom. The van der Waals surface area contributed by atoms with E-state index in [1.165, 1.54) is 4.90 Å². The van der Waals surface area contributed by atoms with Crippen LogP contribution in [0.15, 0.2) is 42.5 Å². The summed E-state index contributed by atoms with van der Waals surface area (Å²) >= 11 is 18.4. The molecule has 0 spiro atoms. The van der Waals surface area contributed by atoms with Crippen LogP contribution < -0.4 is 10.1 Å². The van der Waals surface area contributed by atoms with Crippen molar-refractivity contribution in [3.63, 3.8) is 0 Å². The Bertz CT molecular complexity index is 839. The second-order valence-electron chi connectivity index (χ2n) is 6.79. The van der Waals surface area contributed by atoms with E-state index in [9.17, 15) is 9.59 Å². The lowest BCUT2D eigenvalue weighted by atomic mass is 10.1. The first-order valence-electron chi connectivity index (χ1n) is 9.72. The molecule has 5 nitrogen and oxygen atoms in total. The molecule has 0 heterocycles. The average Bonchev–Trinajstić information content (AvgIpc) is 2.72. The van der Waals surface area contributed by atoms with E-state index in [0.717, 1.165) is 12.8 Å². The standard InChI is InChI=1S/C22H25Cl3N2O3/c1-3-4-12-26-22(29)15(2)27(13-18-19(24)6-5-7-20(18)25)21(28)14-30-17-10-8-16(23)9-11-17/h5-11,15H,3-4,12-14H2,1-2H3,(H,26,29)/t15-/m0/s1. The summed E-state index contributed by atoms with van der Waals surface area (Å²) in [4.78, 5) is 27.0. The molecular formula is C22H25Cl3N2O3. The third-order valence-electron chi connectivity index (χ3n) is 4.56. The van der Waals surface area contributed by atoms with Gasteiger partial charge in [-0.3, -0.25) is 9.59 Å². The Hall–Kier alpha value is -1.95. The number of nitrogens with zero attached hydrogens (tertiary/aromatic N) is 1. The zero-order chi connectivity index (χ0) is 22.1. The highest BCUT2D eigenvalue weighted by atomic mass is 35.5. The molecule has 0 fully saturated rings. The van der Waals surface area contributed by atoms with E-state index >= 15 is 0 Å². The molecule has 1 atom stereocenters. The summed E-state index contributed by atoms with van der Waals surface area (Å²) in [7, 11) is 0. The van der Waals surface area contributed by atoms with Crippen molar-refractivity contribution >= 4 is 46.6 Å². The van der Waals surface area contributed by atoms with E-state index in [-0.39, 0.29) is 25.0 Å². The quantitative estimate of drug-likeness (QED) is 0.475. The van der Waals surface area contributed by atoms with Gasteiger partial charge in [-0.1, -0.05) is 54.2 Å². The second kappa shape index (κ2) is 12.0. The molecule has 1 N–H and O–H groups in total. The molecule has 2 amide bonds. The highest BCUT2D eigenvalue weighted by molar-refractivity contribution is 6.36. The maximum Gasteiger partial charge on any atom is 0.261 e. The SMILES string of the molecule is CCCCNC(=O)[C@H](C)N(Cc1c(Cl)cccc1Cl)C(=O)COc1ccc(Cl)cc1. The monoisotopic (exact) mass is 470 g/mol. The summed E-state index contributed by atoms with van der Waals surface area (Å²) in [5.74, 6) is -0.103. The van der Waals surface area contributed by atoms with Gasteiger partial charge in [-0.25, -0.2) is 0 Å². The van der Waals surface area contributed by atoms with Crippen LogP contribution in [0.2, 0.25) is 15.1 Å². The molecule has 30 heavy (non-hydrogen) atoms. The zero-order valence-electron chi connectivity index (χ0n) is 17.0. The van der Waals surface area contributed by atoms with Crippen LogP contribution in [-0.4, -0.2) is 35.9 Å². The van der Waals surface area contributed by atoms with Crippen molar-refractivity contribution in [3.05, 3.63) is 63.1 Å². The minimum Gasteiger partial charge on any atom is -0.484 e. The van der Waals surface area contributed by atoms with Gasteiger partial charge < -0.3 is 15.0 Å². The molecule has 0 aliphatic rings. The second-order valence-corrected chi connectivity index (χ2v) is 8.04. The molecule has 0 aliphatic heterocycles. The summed E-state index contributed by atoms with van der Waals surface area (Å²) < 4.78 is 5.58. The van der Waals surface area contributed by atoms with E-state index in [1.54, 1.807) is 49.4 Å². The van der Waals surface area contributed by atoms with Crippen molar-refractivity contribution in [2.24, 2.45) is 0 Å². The first kappa shape index (κ1) is 24.3. The van der Waals surface area contributed by atoms with Crippen molar-refractivity contribution < 1.29 is 14.3 Å². The first-order chi connectivity index (χ1) is 14.3. The normalized spacial score (nSPS) is 11.6. The number of hydrogen-bond acceptors (Lipinski definition) is 3. The number of nitrogens with one attached hydrogen (secondary N) is 1. The van der Waals surface area contributed by atoms with Crippen LogP contribution in [0.4, 0.5) is 0 Å². The van der Waals surface area contributed by atoms with Crippen LogP contribution in [0.1, 0.15) is 32.3 Å². The Balaban J connectivity index is 2.17. The summed E-state index contributed by atoms with van der Waals surface area (Å²) in [6, 6.07) is 11.1. The fourth-order valence-electron chi connectivity index (χ4n) is 2.73. The van der Waals surface area contributed by atoms with Crippen LogP contribution in [0, 0.1) is 0 Å². The molecule has 0 saturated carbocycles. The van der Waals surface area contributed by atoms with Gasteiger partial charge in [0.05, 0.1) is 0 Å². The number of carbonyl (C=O) groups is 2. The van der Waals surface area contributed by atoms with Crippen LogP contribution in [-0.2, 0) is 16.1 Å². The predicted octanol–water partition coefficient (Wildman–Crippen LogP) is 5.36. The molecule has 2 aromatic carbocycles. The number of ether oxygens (including phenoxy) is 1. The number of rotatable bonds is 10. The lowest BCUT2D eigenvalue weighted by molar-refractivity contribution is -0.142. The summed E-state index contributed by atoms with van der Waals surface area (Å²) in [5.41, 5.74) is 0.578. The molecular weight excluding hydrogens is 447 g/mol. The number of benzene rings is 2. The molecule has 0 unspecified atom stereocenters. The van der Waals surface area contributed by atoms with Gasteiger partial charge in [0.1, 0.15) is 11.8 Å². The summed E-state index contributed by atoms with van der Waals surface area (Å²) in [5, 5.41) is 4.29. The molecule has 2 rings (SSSR count). The van der Waals surface area contributed by atoms with E-state index in [2.05, 4.69) is 5.32 Å². The number of hydrogen-bond donors (Lipinski definition) is 1. The molecule has 2 aromatic rings. The zero-order valence-corrected chi connectivity index (χ0v) is 19.2. The topological polar surface area (TPSA) is 58.6 Å². The van der Waals surface area contributed by atoms with Gasteiger partial charge in [-0.2, -0.15) is 0 Å². The maximum atomic E-state index is 13.0. The highest BCUT2D eigenvalue weighted by Gasteiger charge is 2.27. The molecule has 0 radical (unpaired) electrons. The maximum absolute atomic E-state index is 13.0. The van der Waals surface area contributed by atoms with Gasteiger partial charge in [0.25, 0.3) is 5.91 Å². The summed E-state index contributed by atoms with van der Waals surface area (Å²) in [6.45, 7) is 4.11. The Kier molecular flexibility index (Phi) is 9.76. The number of halogens is 3. The largest absolute Gasteiger partial charge is 0.484 e. The Labute approximate surface area is 192 Å². The molecule has 8 heteroatoms. The van der Waals surface area contributed by atoms with Gasteiger partial charge in [0, 0.05) is 33.7 Å². The van der Waals surface area contributed by atoms with Gasteiger partial charge in [-0.05, 0) is 49.7 Å². The minimum atomic E-state index is -0.726. The summed E-state index contributed by atoms with van der Waals surface area (Å²) in [6.07, 6.45) is 1.82. The van der Waals surface area contributed by atoms with Crippen molar-refractivity contribution in [3.8, 4) is 5.75 Å². The highest BCUT2D eigenvalue weighted by Crippen LogP contribution is 2.26. The Morgan fingerprint density at radius 3 is 2.30 bits per heavy atom. The van der Waals surface area contributed by atoms with Crippen molar-refractivity contribution in [1.82, 2.24) is 10.2 Å². The number of amides is 2. The van der Waals surface area contributed by atoms with E-state index < -0.39 is 6.04 Å². The van der Waals surface area contributed by atoms with Gasteiger partial charge in [0.2, 0.25) is 5.91 Å². The first-order valence-corrected chi connectivity index (χ1v) is 10.8. The van der Waals surface area contributed by atoms with Crippen LogP contribution in [0.25, 0.3) is 0 Å². The van der Waals surface area contributed by atoms with Crippen LogP contribution in [0.5, 0.6) is 5.75 Å². The molecule has 162 valence electrons. The smallest absolute Gasteiger partial charge is 0.261 e. The minimum absolute atomic E-state index is 0.0870. The third kappa shape index (κ3) is 7.08. The fraction of sp³-hybridized carbons (Fsp3) is 0.364. The average molecular weight is 472 g/mol. The van der Waals surface area contributed by atoms with Gasteiger partial charge >= 0.3 is 0 Å². The van der Waals surface area contributed by atoms with Crippen molar-refractivity contribution in [2.45, 2.75) is 39.3 Å². The number of carbonyl (C=O) groups excluding carboxylic acids is 2. The van der Waals surface area contributed by atoms with E-state index in [0.29, 0.717) is 32.9 Å². The van der Waals surface area contributed by atoms with Crippen LogP contribution in [0.3, 0.4) is 0 Å². The van der Waals surface area contributed by atoms with Crippen LogP contribution >= 0.6 is 34.8 Å². The predicted molar refractivity (Wildman–Crippen MR) is 121 cm³/mol. The lowest BCUT2D eigenvalue weighted by Crippen LogP contribution is -2.49. The molecule has 0 saturated heterocycles.